The maximum Gasteiger partial charge on any atom is 0.156 e. The van der Waals surface area contributed by atoms with Crippen LogP contribution in [0.3, 0.4) is 0 Å². The molecule has 84 valence electrons. The highest BCUT2D eigenvalue weighted by molar-refractivity contribution is 7.91. The van der Waals surface area contributed by atoms with Crippen LogP contribution in [0.5, 0.6) is 5.75 Å². The van der Waals surface area contributed by atoms with Crippen LogP contribution in [-0.2, 0) is 15.6 Å². The molecule has 0 aromatic heterocycles. The van der Waals surface area contributed by atoms with E-state index in [1.54, 1.807) is 33.1 Å². The molecule has 0 bridgehead atoms. The van der Waals surface area contributed by atoms with Crippen molar-refractivity contribution < 1.29 is 13.2 Å². The quantitative estimate of drug-likeness (QED) is 0.792. The van der Waals surface area contributed by atoms with Gasteiger partial charge >= 0.3 is 0 Å². The Balaban J connectivity index is 3.00. The van der Waals surface area contributed by atoms with E-state index in [0.717, 1.165) is 0 Å². The summed E-state index contributed by atoms with van der Waals surface area (Å²) in [5, 5.41) is -0.359. The van der Waals surface area contributed by atoms with E-state index in [1.807, 2.05) is 12.1 Å². The van der Waals surface area contributed by atoms with Crippen LogP contribution in [0.15, 0.2) is 24.3 Å². The lowest BCUT2D eigenvalue weighted by molar-refractivity contribution is 0.411. The lowest BCUT2D eigenvalue weighted by Gasteiger charge is -2.10. The summed E-state index contributed by atoms with van der Waals surface area (Å²) in [5.41, 5.74) is 0.716. The summed E-state index contributed by atoms with van der Waals surface area (Å²) >= 11 is 0. The molecule has 15 heavy (non-hydrogen) atoms. The smallest absolute Gasteiger partial charge is 0.156 e. The van der Waals surface area contributed by atoms with Crippen molar-refractivity contribution in [1.82, 2.24) is 0 Å². The first kappa shape index (κ1) is 12.0. The minimum atomic E-state index is -3.06. The SMILES string of the molecule is COc1ccccc1CS(=O)(=O)C(C)C. The summed E-state index contributed by atoms with van der Waals surface area (Å²) in [6.45, 7) is 3.37. The van der Waals surface area contributed by atoms with Crippen LogP contribution in [0.1, 0.15) is 19.4 Å². The van der Waals surface area contributed by atoms with E-state index in [1.165, 1.54) is 0 Å². The first-order chi connectivity index (χ1) is 6.97. The van der Waals surface area contributed by atoms with Crippen molar-refractivity contribution in [3.05, 3.63) is 29.8 Å². The summed E-state index contributed by atoms with van der Waals surface area (Å²) in [4.78, 5) is 0. The Morgan fingerprint density at radius 1 is 1.27 bits per heavy atom. The monoisotopic (exact) mass is 228 g/mol. The Labute approximate surface area is 91.0 Å². The maximum atomic E-state index is 11.7. The van der Waals surface area contributed by atoms with Crippen LogP contribution in [0.25, 0.3) is 0 Å². The van der Waals surface area contributed by atoms with Gasteiger partial charge in [-0.25, -0.2) is 8.42 Å². The predicted octanol–water partition coefficient (Wildman–Crippen LogP) is 2.02. The fourth-order valence-corrected chi connectivity index (χ4v) is 2.21. The summed E-state index contributed by atoms with van der Waals surface area (Å²) in [5.74, 6) is 0.663. The third-order valence-electron chi connectivity index (χ3n) is 2.27. The largest absolute Gasteiger partial charge is 0.496 e. The molecule has 0 amide bonds. The molecule has 0 unspecified atom stereocenters. The van der Waals surface area contributed by atoms with Gasteiger partial charge in [0, 0.05) is 5.56 Å². The number of sulfone groups is 1. The first-order valence-electron chi connectivity index (χ1n) is 4.81. The molecule has 0 saturated carbocycles. The zero-order valence-corrected chi connectivity index (χ0v) is 10.0. The normalized spacial score (nSPS) is 11.7. The van der Waals surface area contributed by atoms with Crippen LogP contribution in [-0.4, -0.2) is 20.8 Å². The molecule has 0 N–H and O–H groups in total. The lowest BCUT2D eigenvalue weighted by atomic mass is 10.2. The summed E-state index contributed by atoms with van der Waals surface area (Å²) in [6.07, 6.45) is 0. The molecule has 1 aromatic rings. The molecule has 0 saturated heterocycles. The second kappa shape index (κ2) is 4.66. The van der Waals surface area contributed by atoms with Crippen molar-refractivity contribution in [1.29, 1.82) is 0 Å². The van der Waals surface area contributed by atoms with E-state index >= 15 is 0 Å². The zero-order chi connectivity index (χ0) is 11.5. The highest BCUT2D eigenvalue weighted by Crippen LogP contribution is 2.21. The Kier molecular flexibility index (Phi) is 3.74. The molecule has 0 aliphatic heterocycles. The molecule has 0 spiro atoms. The molecular formula is C11H16O3S. The van der Waals surface area contributed by atoms with E-state index in [4.69, 9.17) is 4.74 Å². The summed E-state index contributed by atoms with van der Waals surface area (Å²) < 4.78 is 28.5. The van der Waals surface area contributed by atoms with E-state index < -0.39 is 9.84 Å². The van der Waals surface area contributed by atoms with Crippen LogP contribution in [0, 0.1) is 0 Å². The van der Waals surface area contributed by atoms with Gasteiger partial charge < -0.3 is 4.74 Å². The molecule has 3 nitrogen and oxygen atoms in total. The summed E-state index contributed by atoms with van der Waals surface area (Å²) in [7, 11) is -1.52. The fourth-order valence-electron chi connectivity index (χ4n) is 1.21. The van der Waals surface area contributed by atoms with Gasteiger partial charge in [-0.15, -0.1) is 0 Å². The van der Waals surface area contributed by atoms with Crippen molar-refractivity contribution in [2.24, 2.45) is 0 Å². The zero-order valence-electron chi connectivity index (χ0n) is 9.23. The number of para-hydroxylation sites is 1. The van der Waals surface area contributed by atoms with Crippen LogP contribution in [0.2, 0.25) is 0 Å². The maximum absolute atomic E-state index is 11.7. The standard InChI is InChI=1S/C11H16O3S/c1-9(2)15(12,13)8-10-6-4-5-7-11(10)14-3/h4-7,9H,8H2,1-3H3. The Hall–Kier alpha value is -1.03. The van der Waals surface area contributed by atoms with Gasteiger partial charge in [0.25, 0.3) is 0 Å². The average Bonchev–Trinajstić information content (AvgIpc) is 2.18. The minimum Gasteiger partial charge on any atom is -0.496 e. The van der Waals surface area contributed by atoms with Gasteiger partial charge in [0.1, 0.15) is 5.75 Å². The molecule has 0 atom stereocenters. The number of hydrogen-bond donors (Lipinski definition) is 0. The van der Waals surface area contributed by atoms with E-state index in [-0.39, 0.29) is 11.0 Å². The Morgan fingerprint density at radius 2 is 1.87 bits per heavy atom. The molecule has 1 aromatic carbocycles. The fraction of sp³-hybridized carbons (Fsp3) is 0.455. The van der Waals surface area contributed by atoms with Crippen LogP contribution in [0.4, 0.5) is 0 Å². The molecule has 0 aliphatic carbocycles. The molecule has 0 aliphatic rings. The van der Waals surface area contributed by atoms with E-state index in [9.17, 15) is 8.42 Å². The van der Waals surface area contributed by atoms with Crippen molar-refractivity contribution in [2.75, 3.05) is 7.11 Å². The third kappa shape index (κ3) is 2.96. The Morgan fingerprint density at radius 3 is 2.40 bits per heavy atom. The number of ether oxygens (including phenoxy) is 1. The van der Waals surface area contributed by atoms with E-state index in [0.29, 0.717) is 11.3 Å². The molecular weight excluding hydrogens is 212 g/mol. The van der Waals surface area contributed by atoms with Gasteiger partial charge in [0.15, 0.2) is 9.84 Å². The van der Waals surface area contributed by atoms with Gasteiger partial charge in [-0.1, -0.05) is 18.2 Å². The lowest BCUT2D eigenvalue weighted by Crippen LogP contribution is -2.16. The van der Waals surface area contributed by atoms with Crippen molar-refractivity contribution >= 4 is 9.84 Å². The summed E-state index contributed by atoms with van der Waals surface area (Å²) in [6, 6.07) is 7.18. The Bertz CT molecular complexity index is 421. The van der Waals surface area contributed by atoms with Crippen molar-refractivity contribution in [2.45, 2.75) is 24.9 Å². The van der Waals surface area contributed by atoms with Crippen molar-refractivity contribution in [3.8, 4) is 5.75 Å². The first-order valence-corrected chi connectivity index (χ1v) is 6.52. The van der Waals surface area contributed by atoms with Gasteiger partial charge in [-0.3, -0.25) is 0 Å². The minimum absolute atomic E-state index is 0.0364. The van der Waals surface area contributed by atoms with E-state index in [2.05, 4.69) is 0 Å². The number of rotatable bonds is 4. The van der Waals surface area contributed by atoms with Crippen LogP contribution < -0.4 is 4.74 Å². The highest BCUT2D eigenvalue weighted by Gasteiger charge is 2.18. The molecule has 0 radical (unpaired) electrons. The van der Waals surface area contributed by atoms with Crippen LogP contribution >= 0.6 is 0 Å². The van der Waals surface area contributed by atoms with Gasteiger partial charge in [-0.05, 0) is 19.9 Å². The number of hydrogen-bond acceptors (Lipinski definition) is 3. The third-order valence-corrected chi connectivity index (χ3v) is 4.42. The number of benzene rings is 1. The molecule has 0 heterocycles. The second-order valence-corrected chi connectivity index (χ2v) is 6.23. The molecule has 4 heteroatoms. The van der Waals surface area contributed by atoms with Crippen molar-refractivity contribution in [3.63, 3.8) is 0 Å². The van der Waals surface area contributed by atoms with Gasteiger partial charge in [-0.2, -0.15) is 0 Å². The highest BCUT2D eigenvalue weighted by atomic mass is 32.2. The van der Waals surface area contributed by atoms with Gasteiger partial charge in [0.05, 0.1) is 18.1 Å². The molecule has 0 fully saturated rings. The molecule has 1 rings (SSSR count). The topological polar surface area (TPSA) is 43.4 Å². The second-order valence-electron chi connectivity index (χ2n) is 3.67. The average molecular weight is 228 g/mol. The van der Waals surface area contributed by atoms with Gasteiger partial charge in [0.2, 0.25) is 0 Å². The number of methoxy groups -OCH3 is 1. The predicted molar refractivity (Wildman–Crippen MR) is 60.8 cm³/mol.